The fourth-order valence-corrected chi connectivity index (χ4v) is 0.877. The first-order chi connectivity index (χ1) is 5.99. The van der Waals surface area contributed by atoms with Gasteiger partial charge in [-0.2, -0.15) is 0 Å². The molecule has 0 aliphatic heterocycles. The lowest BCUT2D eigenvalue weighted by Gasteiger charge is -2.15. The Hall–Kier alpha value is -1.10. The molecule has 2 atom stereocenters. The summed E-state index contributed by atoms with van der Waals surface area (Å²) in [6, 6.07) is -1.21. The number of nitrogens with one attached hydrogen (secondary N) is 1. The lowest BCUT2D eigenvalue weighted by atomic mass is 10.1. The maximum absolute atomic E-state index is 11.1. The molecule has 0 unspecified atom stereocenters. The number of primary amides is 1. The first-order valence-corrected chi connectivity index (χ1v) is 4.34. The van der Waals surface area contributed by atoms with Crippen LogP contribution < -0.4 is 16.8 Å². The van der Waals surface area contributed by atoms with Crippen LogP contribution in [-0.2, 0) is 9.59 Å². The molecule has 13 heavy (non-hydrogen) atoms. The van der Waals surface area contributed by atoms with E-state index < -0.39 is 18.0 Å². The molecule has 0 bridgehead atoms. The van der Waals surface area contributed by atoms with Crippen LogP contribution in [0.15, 0.2) is 0 Å². The van der Waals surface area contributed by atoms with E-state index in [4.69, 9.17) is 11.5 Å². The minimum Gasteiger partial charge on any atom is -0.368 e. The van der Waals surface area contributed by atoms with Crippen molar-refractivity contribution in [1.82, 2.24) is 5.32 Å². The summed E-state index contributed by atoms with van der Waals surface area (Å²) < 4.78 is 0. The maximum Gasteiger partial charge on any atom is 0.240 e. The number of hydrogen-bond acceptors (Lipinski definition) is 3. The van der Waals surface area contributed by atoms with Crippen molar-refractivity contribution in [1.29, 1.82) is 0 Å². The molecule has 5 N–H and O–H groups in total. The van der Waals surface area contributed by atoms with E-state index in [0.29, 0.717) is 6.42 Å². The minimum absolute atomic E-state index is 0.350. The summed E-state index contributed by atoms with van der Waals surface area (Å²) in [5.74, 6) is -0.867. The molecule has 0 saturated heterocycles. The van der Waals surface area contributed by atoms with E-state index >= 15 is 0 Å². The van der Waals surface area contributed by atoms with Crippen LogP contribution in [-0.4, -0.2) is 23.9 Å². The topological polar surface area (TPSA) is 98.2 Å². The third kappa shape index (κ3) is 4.47. The predicted molar refractivity (Wildman–Crippen MR) is 49.7 cm³/mol. The molecule has 0 heterocycles. The van der Waals surface area contributed by atoms with Crippen molar-refractivity contribution in [3.05, 3.63) is 0 Å². The van der Waals surface area contributed by atoms with Crippen LogP contribution in [0, 0.1) is 0 Å². The van der Waals surface area contributed by atoms with Gasteiger partial charge in [-0.05, 0) is 13.3 Å². The predicted octanol–water partition coefficient (Wildman–Crippen LogP) is -0.896. The second-order valence-electron chi connectivity index (χ2n) is 3.04. The lowest BCUT2D eigenvalue weighted by molar-refractivity contribution is -0.128. The monoisotopic (exact) mass is 187 g/mol. The first-order valence-electron chi connectivity index (χ1n) is 4.34. The molecule has 76 valence electrons. The Labute approximate surface area is 77.8 Å². The van der Waals surface area contributed by atoms with E-state index in [1.807, 2.05) is 6.92 Å². The molecule has 0 saturated carbocycles. The second kappa shape index (κ2) is 5.53. The van der Waals surface area contributed by atoms with Gasteiger partial charge in [-0.25, -0.2) is 0 Å². The molecule has 5 nitrogen and oxygen atoms in total. The zero-order valence-corrected chi connectivity index (χ0v) is 8.04. The van der Waals surface area contributed by atoms with Gasteiger partial charge in [0.25, 0.3) is 0 Å². The fourth-order valence-electron chi connectivity index (χ4n) is 0.877. The Morgan fingerprint density at radius 2 is 2.00 bits per heavy atom. The molecule has 0 fully saturated rings. The highest BCUT2D eigenvalue weighted by Gasteiger charge is 2.18. The number of carbonyl (C=O) groups excluding carboxylic acids is 2. The van der Waals surface area contributed by atoms with Crippen LogP contribution in [0.2, 0.25) is 0 Å². The standard InChI is InChI=1S/C8H17N3O2/c1-3-4-6(7(10)12)11-8(13)5(2)9/h5-6H,3-4,9H2,1-2H3,(H2,10,12)(H,11,13)/t5-,6-/m1/s1. The van der Waals surface area contributed by atoms with Gasteiger partial charge in [0.05, 0.1) is 6.04 Å². The molecule has 0 rings (SSSR count). The molecular weight excluding hydrogens is 170 g/mol. The summed E-state index contributed by atoms with van der Waals surface area (Å²) in [5.41, 5.74) is 10.4. The molecular formula is C8H17N3O2. The molecule has 0 aliphatic carbocycles. The summed E-state index contributed by atoms with van der Waals surface area (Å²) in [5, 5.41) is 2.48. The number of hydrogen-bond donors (Lipinski definition) is 3. The highest BCUT2D eigenvalue weighted by atomic mass is 16.2. The quantitative estimate of drug-likeness (QED) is 0.520. The fraction of sp³-hybridized carbons (Fsp3) is 0.750. The van der Waals surface area contributed by atoms with Gasteiger partial charge in [-0.1, -0.05) is 13.3 Å². The zero-order valence-electron chi connectivity index (χ0n) is 8.04. The summed E-state index contributed by atoms with van der Waals surface area (Å²) in [6.07, 6.45) is 1.33. The molecule has 5 heteroatoms. The molecule has 2 amide bonds. The van der Waals surface area contributed by atoms with Crippen LogP contribution in [0.4, 0.5) is 0 Å². The normalized spacial score (nSPS) is 14.7. The second-order valence-corrected chi connectivity index (χ2v) is 3.04. The molecule has 0 spiro atoms. The number of carbonyl (C=O) groups is 2. The van der Waals surface area contributed by atoms with Gasteiger partial charge in [0.15, 0.2) is 0 Å². The van der Waals surface area contributed by atoms with Crippen molar-refractivity contribution in [3.63, 3.8) is 0 Å². The smallest absolute Gasteiger partial charge is 0.240 e. The van der Waals surface area contributed by atoms with Gasteiger partial charge in [0, 0.05) is 0 Å². The van der Waals surface area contributed by atoms with E-state index in [-0.39, 0.29) is 5.91 Å². The third-order valence-corrected chi connectivity index (χ3v) is 1.65. The zero-order chi connectivity index (χ0) is 10.4. The number of amides is 2. The van der Waals surface area contributed by atoms with E-state index in [9.17, 15) is 9.59 Å². The molecule has 0 aromatic heterocycles. The third-order valence-electron chi connectivity index (χ3n) is 1.65. The first kappa shape index (κ1) is 11.9. The molecule has 0 aliphatic rings. The largest absolute Gasteiger partial charge is 0.368 e. The van der Waals surface area contributed by atoms with Crippen molar-refractivity contribution < 1.29 is 9.59 Å². The van der Waals surface area contributed by atoms with Crippen LogP contribution in [0.3, 0.4) is 0 Å². The molecule has 0 radical (unpaired) electrons. The lowest BCUT2D eigenvalue weighted by Crippen LogP contribution is -2.49. The Bertz CT molecular complexity index is 192. The van der Waals surface area contributed by atoms with Gasteiger partial charge in [-0.15, -0.1) is 0 Å². The van der Waals surface area contributed by atoms with E-state index in [1.54, 1.807) is 6.92 Å². The van der Waals surface area contributed by atoms with Crippen molar-refractivity contribution in [2.45, 2.75) is 38.8 Å². The van der Waals surface area contributed by atoms with Gasteiger partial charge >= 0.3 is 0 Å². The van der Waals surface area contributed by atoms with Crippen LogP contribution in [0.25, 0.3) is 0 Å². The summed E-state index contributed by atoms with van der Waals surface area (Å²) >= 11 is 0. The molecule has 0 aromatic rings. The van der Waals surface area contributed by atoms with Crippen LogP contribution in [0.5, 0.6) is 0 Å². The highest BCUT2D eigenvalue weighted by Crippen LogP contribution is 1.95. The van der Waals surface area contributed by atoms with Crippen molar-refractivity contribution in [3.8, 4) is 0 Å². The minimum atomic E-state index is -0.612. The SMILES string of the molecule is CCC[C@@H](NC(=O)[C@@H](C)N)C(N)=O. The maximum atomic E-state index is 11.1. The highest BCUT2D eigenvalue weighted by molar-refractivity contribution is 5.88. The Morgan fingerprint density at radius 3 is 2.31 bits per heavy atom. The van der Waals surface area contributed by atoms with Crippen molar-refractivity contribution in [2.24, 2.45) is 11.5 Å². The summed E-state index contributed by atoms with van der Waals surface area (Å²) in [7, 11) is 0. The summed E-state index contributed by atoms with van der Waals surface area (Å²) in [4.78, 5) is 21.9. The molecule has 0 aromatic carbocycles. The Kier molecular flexibility index (Phi) is 5.06. The number of rotatable bonds is 5. The van der Waals surface area contributed by atoms with E-state index in [0.717, 1.165) is 6.42 Å². The van der Waals surface area contributed by atoms with Crippen LogP contribution in [0.1, 0.15) is 26.7 Å². The van der Waals surface area contributed by atoms with Crippen molar-refractivity contribution in [2.75, 3.05) is 0 Å². The van der Waals surface area contributed by atoms with E-state index in [2.05, 4.69) is 5.32 Å². The van der Waals surface area contributed by atoms with Gasteiger partial charge in [-0.3, -0.25) is 9.59 Å². The van der Waals surface area contributed by atoms with Gasteiger partial charge in [0.2, 0.25) is 11.8 Å². The van der Waals surface area contributed by atoms with E-state index in [1.165, 1.54) is 0 Å². The Morgan fingerprint density at radius 1 is 1.46 bits per heavy atom. The van der Waals surface area contributed by atoms with Gasteiger partial charge in [0.1, 0.15) is 6.04 Å². The average molecular weight is 187 g/mol. The van der Waals surface area contributed by atoms with Crippen molar-refractivity contribution >= 4 is 11.8 Å². The van der Waals surface area contributed by atoms with Crippen LogP contribution >= 0.6 is 0 Å². The van der Waals surface area contributed by atoms with Gasteiger partial charge < -0.3 is 16.8 Å². The average Bonchev–Trinajstić information content (AvgIpc) is 2.03. The Balaban J connectivity index is 4.10. The number of nitrogens with two attached hydrogens (primary N) is 2. The summed E-state index contributed by atoms with van der Waals surface area (Å²) in [6.45, 7) is 3.47.